The van der Waals surface area contributed by atoms with E-state index in [1.807, 2.05) is 0 Å². The zero-order chi connectivity index (χ0) is 26.1. The van der Waals surface area contributed by atoms with Gasteiger partial charge in [0.15, 0.2) is 0 Å². The molecular formula is C25H23N3O8. The Morgan fingerprint density at radius 1 is 0.806 bits per heavy atom. The van der Waals surface area contributed by atoms with E-state index in [9.17, 15) is 24.5 Å². The van der Waals surface area contributed by atoms with Gasteiger partial charge in [0.1, 0.15) is 25.0 Å². The van der Waals surface area contributed by atoms with Crippen molar-refractivity contribution in [3.63, 3.8) is 0 Å². The van der Waals surface area contributed by atoms with Gasteiger partial charge in [-0.1, -0.05) is 60.7 Å². The maximum absolute atomic E-state index is 13.0. The summed E-state index contributed by atoms with van der Waals surface area (Å²) < 4.78 is 15.5. The van der Waals surface area contributed by atoms with Crippen LogP contribution in [0.1, 0.15) is 11.1 Å². The molecule has 36 heavy (non-hydrogen) atoms. The second-order valence-corrected chi connectivity index (χ2v) is 7.64. The Morgan fingerprint density at radius 3 is 1.67 bits per heavy atom. The van der Waals surface area contributed by atoms with Gasteiger partial charge in [0.05, 0.1) is 4.92 Å². The van der Waals surface area contributed by atoms with Crippen LogP contribution in [0.5, 0.6) is 5.75 Å². The van der Waals surface area contributed by atoms with E-state index in [-0.39, 0.29) is 24.7 Å². The number of nitro groups is 1. The summed E-state index contributed by atoms with van der Waals surface area (Å²) in [4.78, 5) is 48.9. The SMILES string of the molecule is N[C@H](C(=O)Oc1ccc([N+](=O)[O-])cc1)C(N)(C(=O)OCc1ccccc1)C(=O)OCc1ccccc1. The molecule has 0 aliphatic rings. The standard InChI is InChI=1S/C25H23N3O8/c26-21(22(29)36-20-13-11-19(12-14-20)28(32)33)25(27,23(30)34-15-17-7-3-1-4-8-17)24(31)35-16-18-9-5-2-6-10-18/h1-14,21H,15-16,26-27H2/t21-/m1/s1. The summed E-state index contributed by atoms with van der Waals surface area (Å²) in [6.07, 6.45) is 0. The molecule has 0 bridgehead atoms. The number of esters is 3. The van der Waals surface area contributed by atoms with Crippen LogP contribution in [0.4, 0.5) is 5.69 Å². The monoisotopic (exact) mass is 493 g/mol. The summed E-state index contributed by atoms with van der Waals surface area (Å²) in [5.74, 6) is -3.95. The number of carbonyl (C=O) groups excluding carboxylic acids is 3. The van der Waals surface area contributed by atoms with Crippen LogP contribution in [0.2, 0.25) is 0 Å². The Kier molecular flexibility index (Phi) is 8.44. The molecular weight excluding hydrogens is 470 g/mol. The van der Waals surface area contributed by atoms with Crippen LogP contribution >= 0.6 is 0 Å². The first-order chi connectivity index (χ1) is 17.2. The number of ether oxygens (including phenoxy) is 3. The second-order valence-electron chi connectivity index (χ2n) is 7.64. The highest BCUT2D eigenvalue weighted by Crippen LogP contribution is 2.20. The number of nitrogens with zero attached hydrogens (tertiary/aromatic N) is 1. The highest BCUT2D eigenvalue weighted by atomic mass is 16.6. The van der Waals surface area contributed by atoms with E-state index >= 15 is 0 Å². The molecule has 11 heteroatoms. The maximum Gasteiger partial charge on any atom is 0.340 e. The van der Waals surface area contributed by atoms with Gasteiger partial charge in [-0.2, -0.15) is 0 Å². The zero-order valence-electron chi connectivity index (χ0n) is 18.9. The minimum Gasteiger partial charge on any atom is -0.459 e. The lowest BCUT2D eigenvalue weighted by Crippen LogP contribution is -2.70. The Morgan fingerprint density at radius 2 is 1.25 bits per heavy atom. The van der Waals surface area contributed by atoms with Gasteiger partial charge in [-0.15, -0.1) is 0 Å². The smallest absolute Gasteiger partial charge is 0.340 e. The van der Waals surface area contributed by atoms with E-state index in [2.05, 4.69) is 0 Å². The molecule has 0 radical (unpaired) electrons. The molecule has 0 amide bonds. The van der Waals surface area contributed by atoms with E-state index < -0.39 is 34.4 Å². The Labute approximate surface area is 205 Å². The van der Waals surface area contributed by atoms with E-state index in [1.165, 1.54) is 0 Å². The lowest BCUT2D eigenvalue weighted by Gasteiger charge is -2.29. The predicted molar refractivity (Wildman–Crippen MR) is 126 cm³/mol. The van der Waals surface area contributed by atoms with Crippen LogP contribution < -0.4 is 16.2 Å². The summed E-state index contributed by atoms with van der Waals surface area (Å²) in [6.45, 7) is -0.483. The fraction of sp³-hybridized carbons (Fsp3) is 0.160. The van der Waals surface area contributed by atoms with Crippen molar-refractivity contribution in [2.75, 3.05) is 0 Å². The highest BCUT2D eigenvalue weighted by molar-refractivity contribution is 6.10. The van der Waals surface area contributed by atoms with E-state index in [0.29, 0.717) is 11.1 Å². The number of carbonyl (C=O) groups is 3. The first-order valence-electron chi connectivity index (χ1n) is 10.6. The molecule has 0 saturated carbocycles. The van der Waals surface area contributed by atoms with Gasteiger partial charge < -0.3 is 25.7 Å². The number of non-ortho nitro benzene ring substituents is 1. The van der Waals surface area contributed by atoms with Crippen molar-refractivity contribution in [2.24, 2.45) is 11.5 Å². The number of rotatable bonds is 10. The van der Waals surface area contributed by atoms with Crippen molar-refractivity contribution in [2.45, 2.75) is 24.8 Å². The molecule has 11 nitrogen and oxygen atoms in total. The summed E-state index contributed by atoms with van der Waals surface area (Å²) in [5, 5.41) is 10.8. The first-order valence-corrected chi connectivity index (χ1v) is 10.6. The molecule has 3 aromatic carbocycles. The van der Waals surface area contributed by atoms with Gasteiger partial charge in [0.2, 0.25) is 5.54 Å². The van der Waals surface area contributed by atoms with E-state index in [4.69, 9.17) is 25.7 Å². The average molecular weight is 493 g/mol. The maximum atomic E-state index is 13.0. The molecule has 1 atom stereocenters. The first kappa shape index (κ1) is 26.0. The molecule has 0 aliphatic heterocycles. The van der Waals surface area contributed by atoms with Crippen LogP contribution in [-0.4, -0.2) is 34.4 Å². The molecule has 186 valence electrons. The molecule has 0 aliphatic carbocycles. The Balaban J connectivity index is 1.79. The Bertz CT molecular complexity index is 1160. The average Bonchev–Trinajstić information content (AvgIpc) is 2.90. The topological polar surface area (TPSA) is 174 Å². The third-order valence-electron chi connectivity index (χ3n) is 5.11. The van der Waals surface area contributed by atoms with Gasteiger partial charge >= 0.3 is 17.9 Å². The van der Waals surface area contributed by atoms with Crippen molar-refractivity contribution in [3.8, 4) is 5.75 Å². The van der Waals surface area contributed by atoms with Crippen LogP contribution in [-0.2, 0) is 37.1 Å². The molecule has 0 spiro atoms. The second kappa shape index (κ2) is 11.7. The largest absolute Gasteiger partial charge is 0.459 e. The molecule has 0 saturated heterocycles. The molecule has 3 aromatic rings. The number of benzene rings is 3. The van der Waals surface area contributed by atoms with Gasteiger partial charge in [-0.3, -0.25) is 10.1 Å². The van der Waals surface area contributed by atoms with Crippen LogP contribution in [0.25, 0.3) is 0 Å². The summed E-state index contributed by atoms with van der Waals surface area (Å²) in [6, 6.07) is 19.6. The summed E-state index contributed by atoms with van der Waals surface area (Å²) >= 11 is 0. The third-order valence-corrected chi connectivity index (χ3v) is 5.11. The minimum atomic E-state index is -2.75. The van der Waals surface area contributed by atoms with Crippen molar-refractivity contribution in [1.29, 1.82) is 0 Å². The van der Waals surface area contributed by atoms with Crippen LogP contribution in [0.3, 0.4) is 0 Å². The van der Waals surface area contributed by atoms with Crippen molar-refractivity contribution in [1.82, 2.24) is 0 Å². The molecule has 3 rings (SSSR count). The number of hydrogen-bond acceptors (Lipinski definition) is 10. The molecule has 0 heterocycles. The number of nitro benzene ring substituents is 1. The fourth-order valence-electron chi connectivity index (χ4n) is 3.02. The van der Waals surface area contributed by atoms with Gasteiger partial charge in [0.25, 0.3) is 5.69 Å². The molecule has 4 N–H and O–H groups in total. The fourth-order valence-corrected chi connectivity index (χ4v) is 3.02. The van der Waals surface area contributed by atoms with Crippen molar-refractivity contribution >= 4 is 23.6 Å². The van der Waals surface area contributed by atoms with Crippen LogP contribution in [0.15, 0.2) is 84.9 Å². The lowest BCUT2D eigenvalue weighted by atomic mass is 9.91. The van der Waals surface area contributed by atoms with E-state index in [0.717, 1.165) is 24.3 Å². The molecule has 0 fully saturated rings. The van der Waals surface area contributed by atoms with Crippen LogP contribution in [0, 0.1) is 10.1 Å². The quantitative estimate of drug-likeness (QED) is 0.140. The molecule has 0 aromatic heterocycles. The van der Waals surface area contributed by atoms with Crippen molar-refractivity contribution < 1.29 is 33.5 Å². The summed E-state index contributed by atoms with van der Waals surface area (Å²) in [5.41, 5.74) is 10.3. The third kappa shape index (κ3) is 6.29. The number of nitrogens with two attached hydrogens (primary N) is 2. The van der Waals surface area contributed by atoms with E-state index in [1.54, 1.807) is 60.7 Å². The number of hydrogen-bond donors (Lipinski definition) is 2. The van der Waals surface area contributed by atoms with Gasteiger partial charge in [-0.05, 0) is 23.3 Å². The zero-order valence-corrected chi connectivity index (χ0v) is 18.9. The minimum absolute atomic E-state index is 0.112. The van der Waals surface area contributed by atoms with Crippen molar-refractivity contribution in [3.05, 3.63) is 106 Å². The summed E-state index contributed by atoms with van der Waals surface area (Å²) in [7, 11) is 0. The van der Waals surface area contributed by atoms with Gasteiger partial charge in [-0.25, -0.2) is 14.4 Å². The predicted octanol–water partition coefficient (Wildman–Crippen LogP) is 2.01. The van der Waals surface area contributed by atoms with Gasteiger partial charge in [0, 0.05) is 12.1 Å². The highest BCUT2D eigenvalue weighted by Gasteiger charge is 2.54. The lowest BCUT2D eigenvalue weighted by molar-refractivity contribution is -0.384. The normalized spacial score (nSPS) is 11.7. The molecule has 0 unspecified atom stereocenters. The Hall–Kier alpha value is -4.61.